The molecule has 1 heterocycles. The Hall–Kier alpha value is -1.89. The normalized spacial score (nSPS) is 10.4. The molecular weight excluding hydrogens is 350 g/mol. The second-order valence-electron chi connectivity index (χ2n) is 4.60. The van der Waals surface area contributed by atoms with E-state index in [0.717, 1.165) is 15.4 Å². The molecule has 3 aromatic rings. The molecular formula is C17H11BrClNO. The second-order valence-corrected chi connectivity index (χ2v) is 5.92. The maximum atomic E-state index is 10.3. The summed E-state index contributed by atoms with van der Waals surface area (Å²) in [6.45, 7) is 0.406. The zero-order valence-electron chi connectivity index (χ0n) is 11.0. The smallest absolute Gasteiger partial charge is 0.201 e. The fourth-order valence-corrected chi connectivity index (χ4v) is 3.09. The van der Waals surface area contributed by atoms with E-state index in [1.807, 2.05) is 42.6 Å². The van der Waals surface area contributed by atoms with E-state index in [2.05, 4.69) is 27.8 Å². The highest BCUT2D eigenvalue weighted by atomic mass is 79.9. The van der Waals surface area contributed by atoms with Crippen molar-refractivity contribution < 1.29 is 5.11 Å². The highest BCUT2D eigenvalue weighted by Gasteiger charge is 2.11. The SMILES string of the molecule is Oc1c2c(Cl)cc(Br)cc2cn1CC#Cc1ccccc1. The fourth-order valence-electron chi connectivity index (χ4n) is 2.17. The number of nitrogens with zero attached hydrogens (tertiary/aromatic N) is 1. The van der Waals surface area contributed by atoms with Crippen LogP contribution in [-0.4, -0.2) is 9.67 Å². The number of rotatable bonds is 1. The van der Waals surface area contributed by atoms with Gasteiger partial charge in [0.05, 0.1) is 17.0 Å². The third-order valence-electron chi connectivity index (χ3n) is 3.13. The number of aromatic nitrogens is 1. The number of hydrogen-bond acceptors (Lipinski definition) is 1. The van der Waals surface area contributed by atoms with Crippen molar-refractivity contribution in [1.82, 2.24) is 4.57 Å². The number of halogens is 2. The summed E-state index contributed by atoms with van der Waals surface area (Å²) in [6.07, 6.45) is 1.85. The van der Waals surface area contributed by atoms with Gasteiger partial charge in [-0.3, -0.25) is 0 Å². The Kier molecular flexibility index (Phi) is 3.92. The first-order valence-corrected chi connectivity index (χ1v) is 7.53. The minimum absolute atomic E-state index is 0.143. The molecule has 0 spiro atoms. The molecule has 0 amide bonds. The predicted octanol–water partition coefficient (Wildman–Crippen LogP) is 4.81. The Morgan fingerprint density at radius 2 is 1.95 bits per heavy atom. The Labute approximate surface area is 136 Å². The minimum Gasteiger partial charge on any atom is -0.494 e. The van der Waals surface area contributed by atoms with Crippen LogP contribution in [0.4, 0.5) is 0 Å². The molecule has 4 heteroatoms. The van der Waals surface area contributed by atoms with Crippen LogP contribution in [0.15, 0.2) is 53.1 Å². The van der Waals surface area contributed by atoms with Crippen molar-refractivity contribution in [2.75, 3.05) is 0 Å². The van der Waals surface area contributed by atoms with Crippen LogP contribution in [0.3, 0.4) is 0 Å². The van der Waals surface area contributed by atoms with E-state index in [4.69, 9.17) is 11.6 Å². The average molecular weight is 361 g/mol. The molecule has 0 atom stereocenters. The van der Waals surface area contributed by atoms with Gasteiger partial charge in [0.2, 0.25) is 5.88 Å². The maximum Gasteiger partial charge on any atom is 0.201 e. The number of fused-ring (bicyclic) bond motifs is 1. The molecule has 0 unspecified atom stereocenters. The van der Waals surface area contributed by atoms with Gasteiger partial charge in [-0.25, -0.2) is 0 Å². The summed E-state index contributed by atoms with van der Waals surface area (Å²) < 4.78 is 2.58. The standard InChI is InChI=1S/C17H11BrClNO/c18-14-9-13-11-20(17(21)16(13)15(19)10-14)8-4-7-12-5-2-1-3-6-12/h1-3,5-6,9-11,21H,8H2. The first-order chi connectivity index (χ1) is 10.1. The van der Waals surface area contributed by atoms with Gasteiger partial charge in [-0.05, 0) is 24.3 Å². The third-order valence-corrected chi connectivity index (χ3v) is 3.89. The van der Waals surface area contributed by atoms with Crippen molar-refractivity contribution in [1.29, 1.82) is 0 Å². The summed E-state index contributed by atoms with van der Waals surface area (Å²) in [5.41, 5.74) is 0.953. The molecule has 3 rings (SSSR count). The van der Waals surface area contributed by atoms with Gasteiger partial charge in [0.25, 0.3) is 0 Å². The summed E-state index contributed by atoms with van der Waals surface area (Å²) in [6, 6.07) is 13.4. The highest BCUT2D eigenvalue weighted by molar-refractivity contribution is 9.10. The Morgan fingerprint density at radius 1 is 1.19 bits per heavy atom. The van der Waals surface area contributed by atoms with E-state index < -0.39 is 0 Å². The van der Waals surface area contributed by atoms with Crippen LogP contribution in [0, 0.1) is 11.8 Å². The van der Waals surface area contributed by atoms with Gasteiger partial charge in [0.15, 0.2) is 0 Å². The van der Waals surface area contributed by atoms with Crippen molar-refractivity contribution >= 4 is 38.3 Å². The van der Waals surface area contributed by atoms with Crippen LogP contribution < -0.4 is 0 Å². The van der Waals surface area contributed by atoms with Gasteiger partial charge < -0.3 is 9.67 Å². The quantitative estimate of drug-likeness (QED) is 0.619. The lowest BCUT2D eigenvalue weighted by Gasteiger charge is -1.99. The molecule has 0 aliphatic carbocycles. The number of benzene rings is 2. The lowest BCUT2D eigenvalue weighted by Crippen LogP contribution is -1.91. The third kappa shape index (κ3) is 2.92. The van der Waals surface area contributed by atoms with Crippen LogP contribution in [0.2, 0.25) is 5.02 Å². The van der Waals surface area contributed by atoms with E-state index >= 15 is 0 Å². The molecule has 2 nitrogen and oxygen atoms in total. The van der Waals surface area contributed by atoms with Crippen LogP contribution in [0.25, 0.3) is 10.8 Å². The summed E-state index contributed by atoms with van der Waals surface area (Å²) in [7, 11) is 0. The number of aromatic hydroxyl groups is 1. The first-order valence-electron chi connectivity index (χ1n) is 6.36. The molecule has 1 aromatic heterocycles. The molecule has 0 fully saturated rings. The molecule has 21 heavy (non-hydrogen) atoms. The Bertz CT molecular complexity index is 859. The van der Waals surface area contributed by atoms with Gasteiger partial charge in [0.1, 0.15) is 0 Å². The van der Waals surface area contributed by atoms with Crippen LogP contribution >= 0.6 is 27.5 Å². The number of hydrogen-bond donors (Lipinski definition) is 1. The van der Waals surface area contributed by atoms with E-state index in [1.54, 1.807) is 10.6 Å². The Morgan fingerprint density at radius 3 is 2.71 bits per heavy atom. The van der Waals surface area contributed by atoms with Crippen molar-refractivity contribution in [2.45, 2.75) is 6.54 Å². The van der Waals surface area contributed by atoms with Gasteiger partial charge in [-0.2, -0.15) is 0 Å². The van der Waals surface area contributed by atoms with E-state index in [9.17, 15) is 5.11 Å². The second kappa shape index (κ2) is 5.85. The summed E-state index contributed by atoms with van der Waals surface area (Å²) in [5, 5.41) is 12.3. The molecule has 0 radical (unpaired) electrons. The lowest BCUT2D eigenvalue weighted by atomic mass is 10.2. The van der Waals surface area contributed by atoms with Crippen LogP contribution in [0.5, 0.6) is 5.88 Å². The van der Waals surface area contributed by atoms with Gasteiger partial charge in [-0.1, -0.05) is 57.6 Å². The maximum absolute atomic E-state index is 10.3. The predicted molar refractivity (Wildman–Crippen MR) is 89.6 cm³/mol. The van der Waals surface area contributed by atoms with E-state index in [-0.39, 0.29) is 5.88 Å². The Balaban J connectivity index is 1.94. The molecule has 0 aliphatic rings. The van der Waals surface area contributed by atoms with Crippen molar-refractivity contribution in [3.05, 3.63) is 63.7 Å². The van der Waals surface area contributed by atoms with Gasteiger partial charge in [-0.15, -0.1) is 0 Å². The topological polar surface area (TPSA) is 25.2 Å². The molecule has 0 aliphatic heterocycles. The van der Waals surface area contributed by atoms with E-state index in [0.29, 0.717) is 17.0 Å². The van der Waals surface area contributed by atoms with Crippen molar-refractivity contribution in [3.8, 4) is 17.7 Å². The fraction of sp³-hybridized carbons (Fsp3) is 0.0588. The monoisotopic (exact) mass is 359 g/mol. The molecule has 2 aromatic carbocycles. The van der Waals surface area contributed by atoms with Crippen LogP contribution in [0.1, 0.15) is 5.56 Å². The largest absolute Gasteiger partial charge is 0.494 e. The zero-order chi connectivity index (χ0) is 14.8. The molecule has 1 N–H and O–H groups in total. The van der Waals surface area contributed by atoms with Crippen LogP contribution in [-0.2, 0) is 6.54 Å². The van der Waals surface area contributed by atoms with Gasteiger partial charge >= 0.3 is 0 Å². The summed E-state index contributed by atoms with van der Waals surface area (Å²) in [5.74, 6) is 6.26. The molecule has 0 bridgehead atoms. The first kappa shape index (κ1) is 14.1. The zero-order valence-corrected chi connectivity index (χ0v) is 13.3. The van der Waals surface area contributed by atoms with E-state index in [1.165, 1.54) is 0 Å². The highest BCUT2D eigenvalue weighted by Crippen LogP contribution is 2.35. The van der Waals surface area contributed by atoms with Crippen molar-refractivity contribution in [2.24, 2.45) is 0 Å². The summed E-state index contributed by atoms with van der Waals surface area (Å²) in [4.78, 5) is 0. The van der Waals surface area contributed by atoms with Gasteiger partial charge in [0, 0.05) is 21.6 Å². The minimum atomic E-state index is 0.143. The average Bonchev–Trinajstić information content (AvgIpc) is 2.76. The lowest BCUT2D eigenvalue weighted by molar-refractivity contribution is 0.433. The molecule has 104 valence electrons. The molecule has 0 saturated carbocycles. The summed E-state index contributed by atoms with van der Waals surface area (Å²) >= 11 is 9.57. The molecule has 0 saturated heterocycles. The van der Waals surface area contributed by atoms with Crippen molar-refractivity contribution in [3.63, 3.8) is 0 Å².